The van der Waals surface area contributed by atoms with E-state index >= 15 is 0 Å². The molecule has 6 heteroatoms. The first-order valence-corrected chi connectivity index (χ1v) is 9.14. The molecule has 23 heavy (non-hydrogen) atoms. The number of carbonyl (C=O) groups excluding carboxylic acids is 1. The highest BCUT2D eigenvalue weighted by Crippen LogP contribution is 2.33. The summed E-state index contributed by atoms with van der Waals surface area (Å²) in [5, 5.41) is 3.61. The van der Waals surface area contributed by atoms with Crippen molar-refractivity contribution in [2.45, 2.75) is 52.5 Å². The number of aryl methyl sites for hydroxylation is 2. The average molecular weight is 333 g/mol. The first kappa shape index (κ1) is 16.2. The maximum Gasteiger partial charge on any atom is 0.262 e. The number of nitrogens with one attached hydrogen (secondary N) is 1. The van der Waals surface area contributed by atoms with Gasteiger partial charge in [-0.2, -0.15) is 0 Å². The Balaban J connectivity index is 1.80. The maximum atomic E-state index is 12.7. The molecule has 1 aliphatic rings. The van der Waals surface area contributed by atoms with Gasteiger partial charge in [-0.15, -0.1) is 11.3 Å². The molecule has 124 valence electrons. The van der Waals surface area contributed by atoms with Crippen LogP contribution in [0.3, 0.4) is 0 Å². The Bertz CT molecular complexity index is 776. The zero-order valence-corrected chi connectivity index (χ0v) is 14.5. The minimum Gasteiger partial charge on any atom is -0.355 e. The largest absolute Gasteiger partial charge is 0.355 e. The zero-order chi connectivity index (χ0) is 16.4. The summed E-state index contributed by atoms with van der Waals surface area (Å²) in [6, 6.07) is 0. The molecule has 2 heterocycles. The fraction of sp³-hybridized carbons (Fsp3) is 0.588. The SMILES string of the molecule is CC(C)CCNC(=O)Cn1cnc2sc3c(c2c1=O)CCCC3. The van der Waals surface area contributed by atoms with Crippen molar-refractivity contribution in [1.29, 1.82) is 0 Å². The molecular weight excluding hydrogens is 310 g/mol. The van der Waals surface area contributed by atoms with E-state index in [4.69, 9.17) is 0 Å². The molecule has 0 atom stereocenters. The summed E-state index contributed by atoms with van der Waals surface area (Å²) in [4.78, 5) is 31.3. The summed E-state index contributed by atoms with van der Waals surface area (Å²) in [7, 11) is 0. The van der Waals surface area contributed by atoms with Crippen molar-refractivity contribution in [2.75, 3.05) is 6.54 Å². The van der Waals surface area contributed by atoms with Crippen LogP contribution in [-0.4, -0.2) is 22.0 Å². The van der Waals surface area contributed by atoms with E-state index in [1.54, 1.807) is 11.3 Å². The Morgan fingerprint density at radius 2 is 2.17 bits per heavy atom. The van der Waals surface area contributed by atoms with E-state index in [0.717, 1.165) is 35.9 Å². The molecule has 1 aliphatic carbocycles. The first-order chi connectivity index (χ1) is 11.1. The van der Waals surface area contributed by atoms with Crippen molar-refractivity contribution in [2.24, 2.45) is 5.92 Å². The lowest BCUT2D eigenvalue weighted by atomic mass is 9.97. The van der Waals surface area contributed by atoms with Gasteiger partial charge in [0, 0.05) is 11.4 Å². The van der Waals surface area contributed by atoms with Crippen LogP contribution in [0.15, 0.2) is 11.1 Å². The molecule has 2 aromatic heterocycles. The number of hydrogen-bond acceptors (Lipinski definition) is 4. The molecule has 3 rings (SSSR count). The smallest absolute Gasteiger partial charge is 0.262 e. The van der Waals surface area contributed by atoms with E-state index in [1.165, 1.54) is 27.8 Å². The Kier molecular flexibility index (Phi) is 4.80. The molecule has 0 spiro atoms. The number of hydrogen-bond donors (Lipinski definition) is 1. The molecule has 0 radical (unpaired) electrons. The van der Waals surface area contributed by atoms with E-state index in [0.29, 0.717) is 12.5 Å². The molecule has 0 aromatic carbocycles. The van der Waals surface area contributed by atoms with Crippen LogP contribution < -0.4 is 10.9 Å². The molecule has 0 bridgehead atoms. The number of thiophene rings is 1. The number of fused-ring (bicyclic) bond motifs is 3. The van der Waals surface area contributed by atoms with Crippen LogP contribution in [0.25, 0.3) is 10.2 Å². The number of rotatable bonds is 5. The molecule has 0 fully saturated rings. The van der Waals surface area contributed by atoms with E-state index in [1.807, 2.05) is 0 Å². The van der Waals surface area contributed by atoms with Gasteiger partial charge < -0.3 is 5.32 Å². The Labute approximate surface area is 139 Å². The van der Waals surface area contributed by atoms with Crippen molar-refractivity contribution in [1.82, 2.24) is 14.9 Å². The lowest BCUT2D eigenvalue weighted by molar-refractivity contribution is -0.121. The predicted molar refractivity (Wildman–Crippen MR) is 93.0 cm³/mol. The maximum absolute atomic E-state index is 12.7. The second-order valence-corrected chi connectivity index (χ2v) is 7.68. The van der Waals surface area contributed by atoms with Crippen LogP contribution in [0.4, 0.5) is 0 Å². The highest BCUT2D eigenvalue weighted by atomic mass is 32.1. The fourth-order valence-corrected chi connectivity index (χ4v) is 4.22. The quantitative estimate of drug-likeness (QED) is 0.914. The number of nitrogens with zero attached hydrogens (tertiary/aromatic N) is 2. The minimum atomic E-state index is -0.127. The molecule has 2 aromatic rings. The predicted octanol–water partition coefficient (Wildman–Crippen LogP) is 2.50. The molecule has 1 amide bonds. The van der Waals surface area contributed by atoms with Gasteiger partial charge in [0.15, 0.2) is 0 Å². The summed E-state index contributed by atoms with van der Waals surface area (Å²) in [5.41, 5.74) is 1.09. The molecule has 1 N–H and O–H groups in total. The third-order valence-electron chi connectivity index (χ3n) is 4.30. The first-order valence-electron chi connectivity index (χ1n) is 8.32. The van der Waals surface area contributed by atoms with E-state index < -0.39 is 0 Å². The van der Waals surface area contributed by atoms with Gasteiger partial charge in [0.25, 0.3) is 5.56 Å². The highest BCUT2D eigenvalue weighted by molar-refractivity contribution is 7.18. The summed E-state index contributed by atoms with van der Waals surface area (Å²) in [6.07, 6.45) is 6.77. The fourth-order valence-electron chi connectivity index (χ4n) is 3.00. The lowest BCUT2D eigenvalue weighted by Crippen LogP contribution is -2.33. The third kappa shape index (κ3) is 3.47. The third-order valence-corrected chi connectivity index (χ3v) is 5.50. The molecule has 0 aliphatic heterocycles. The molecule has 0 saturated carbocycles. The summed E-state index contributed by atoms with van der Waals surface area (Å²) in [6.45, 7) is 4.93. The number of carbonyl (C=O) groups is 1. The van der Waals surface area contributed by atoms with E-state index in [9.17, 15) is 9.59 Å². The van der Waals surface area contributed by atoms with Crippen molar-refractivity contribution in [3.63, 3.8) is 0 Å². The normalized spacial score (nSPS) is 14.2. The Morgan fingerprint density at radius 3 is 2.96 bits per heavy atom. The average Bonchev–Trinajstić information content (AvgIpc) is 2.89. The van der Waals surface area contributed by atoms with Gasteiger partial charge in [-0.05, 0) is 43.6 Å². The van der Waals surface area contributed by atoms with E-state index in [-0.39, 0.29) is 18.0 Å². The van der Waals surface area contributed by atoms with Crippen LogP contribution in [0.1, 0.15) is 43.6 Å². The van der Waals surface area contributed by atoms with Crippen molar-refractivity contribution in [3.05, 3.63) is 27.1 Å². The van der Waals surface area contributed by atoms with Gasteiger partial charge >= 0.3 is 0 Å². The van der Waals surface area contributed by atoms with Gasteiger partial charge in [-0.3, -0.25) is 14.2 Å². The summed E-state index contributed by atoms with van der Waals surface area (Å²) in [5.74, 6) is 0.423. The van der Waals surface area contributed by atoms with E-state index in [2.05, 4.69) is 24.1 Å². The lowest BCUT2D eigenvalue weighted by Gasteiger charge is -2.11. The molecular formula is C17H23N3O2S. The topological polar surface area (TPSA) is 64.0 Å². The van der Waals surface area contributed by atoms with Crippen molar-refractivity contribution >= 4 is 27.5 Å². The van der Waals surface area contributed by atoms with Gasteiger partial charge in [-0.25, -0.2) is 4.98 Å². The summed E-state index contributed by atoms with van der Waals surface area (Å²) < 4.78 is 1.44. The van der Waals surface area contributed by atoms with Crippen LogP contribution in [-0.2, 0) is 24.2 Å². The monoisotopic (exact) mass is 333 g/mol. The van der Waals surface area contributed by atoms with Gasteiger partial charge in [0.05, 0.1) is 11.7 Å². The van der Waals surface area contributed by atoms with Crippen molar-refractivity contribution < 1.29 is 4.79 Å². The standard InChI is InChI=1S/C17H23N3O2S/c1-11(2)7-8-18-14(21)9-20-10-19-16-15(17(20)22)12-5-3-4-6-13(12)23-16/h10-11H,3-9H2,1-2H3,(H,18,21). The second kappa shape index (κ2) is 6.83. The van der Waals surface area contributed by atoms with Crippen LogP contribution in [0, 0.1) is 5.92 Å². The zero-order valence-electron chi connectivity index (χ0n) is 13.7. The number of aromatic nitrogens is 2. The van der Waals surface area contributed by atoms with Gasteiger partial charge in [-0.1, -0.05) is 13.8 Å². The second-order valence-electron chi connectivity index (χ2n) is 6.60. The van der Waals surface area contributed by atoms with Crippen LogP contribution in [0.2, 0.25) is 0 Å². The van der Waals surface area contributed by atoms with Gasteiger partial charge in [0.2, 0.25) is 5.91 Å². The van der Waals surface area contributed by atoms with Gasteiger partial charge in [0.1, 0.15) is 11.4 Å². The van der Waals surface area contributed by atoms with Crippen molar-refractivity contribution in [3.8, 4) is 0 Å². The Hall–Kier alpha value is -1.69. The number of amides is 1. The minimum absolute atomic E-state index is 0.0461. The molecule has 0 saturated heterocycles. The molecule has 5 nitrogen and oxygen atoms in total. The van der Waals surface area contributed by atoms with Crippen LogP contribution in [0.5, 0.6) is 0 Å². The summed E-state index contributed by atoms with van der Waals surface area (Å²) >= 11 is 1.63. The Morgan fingerprint density at radius 1 is 1.39 bits per heavy atom. The molecule has 0 unspecified atom stereocenters. The van der Waals surface area contributed by atoms with Crippen LogP contribution >= 0.6 is 11.3 Å². The highest BCUT2D eigenvalue weighted by Gasteiger charge is 2.20.